The van der Waals surface area contributed by atoms with Gasteiger partial charge < -0.3 is 4.42 Å². The first-order valence-corrected chi connectivity index (χ1v) is 8.59. The molecule has 1 atom stereocenters. The fourth-order valence-electron chi connectivity index (χ4n) is 2.85. The monoisotopic (exact) mass is 406 g/mol. The Hall–Kier alpha value is -1.06. The van der Waals surface area contributed by atoms with Crippen LogP contribution in [-0.2, 0) is 0 Å². The molecule has 1 nitrogen and oxygen atoms in total. The summed E-state index contributed by atoms with van der Waals surface area (Å²) >= 11 is 7.52. The van der Waals surface area contributed by atoms with Gasteiger partial charge in [-0.3, -0.25) is 0 Å². The SMILES string of the molecule is Cc1oc(C)c(C(Br)c2ccc(Br)c3ccccc23)c1C. The molecule has 0 N–H and O–H groups in total. The van der Waals surface area contributed by atoms with E-state index in [2.05, 4.69) is 75.2 Å². The Kier molecular flexibility index (Phi) is 3.98. The number of aryl methyl sites for hydroxylation is 2. The smallest absolute Gasteiger partial charge is 0.106 e. The summed E-state index contributed by atoms with van der Waals surface area (Å²) in [6, 6.07) is 12.7. The third kappa shape index (κ3) is 2.47. The average Bonchev–Trinajstić information content (AvgIpc) is 2.72. The first-order valence-electron chi connectivity index (χ1n) is 6.88. The van der Waals surface area contributed by atoms with Crippen LogP contribution in [0.5, 0.6) is 0 Å². The lowest BCUT2D eigenvalue weighted by Gasteiger charge is -2.15. The third-order valence-electron chi connectivity index (χ3n) is 4.05. The van der Waals surface area contributed by atoms with Crippen LogP contribution < -0.4 is 0 Å². The molecular formula is C18H16Br2O. The van der Waals surface area contributed by atoms with Crippen molar-refractivity contribution in [1.82, 2.24) is 0 Å². The van der Waals surface area contributed by atoms with E-state index >= 15 is 0 Å². The number of hydrogen-bond donors (Lipinski definition) is 0. The molecule has 108 valence electrons. The number of hydrogen-bond acceptors (Lipinski definition) is 1. The quantitative estimate of drug-likeness (QED) is 0.436. The molecule has 0 fully saturated rings. The minimum absolute atomic E-state index is 0.132. The number of benzene rings is 2. The Labute approximate surface area is 141 Å². The maximum atomic E-state index is 5.78. The number of alkyl halides is 1. The topological polar surface area (TPSA) is 13.1 Å². The lowest BCUT2D eigenvalue weighted by Crippen LogP contribution is -1.97. The summed E-state index contributed by atoms with van der Waals surface area (Å²) in [6.07, 6.45) is 0. The zero-order valence-corrected chi connectivity index (χ0v) is 15.4. The molecule has 3 rings (SSSR count). The molecule has 1 heterocycles. The maximum absolute atomic E-state index is 5.78. The van der Waals surface area contributed by atoms with Gasteiger partial charge in [0, 0.05) is 10.0 Å². The van der Waals surface area contributed by atoms with Gasteiger partial charge in [-0.2, -0.15) is 0 Å². The zero-order valence-electron chi connectivity index (χ0n) is 12.2. The van der Waals surface area contributed by atoms with E-state index in [-0.39, 0.29) is 4.83 Å². The molecule has 2 aromatic carbocycles. The predicted octanol–water partition coefficient (Wildman–Crippen LogP) is 6.60. The van der Waals surface area contributed by atoms with Gasteiger partial charge in [0.15, 0.2) is 0 Å². The maximum Gasteiger partial charge on any atom is 0.106 e. The Bertz CT molecular complexity index is 817. The molecule has 0 aliphatic heterocycles. The molecule has 21 heavy (non-hydrogen) atoms. The molecule has 0 aliphatic rings. The van der Waals surface area contributed by atoms with Crippen molar-refractivity contribution < 1.29 is 4.42 Å². The van der Waals surface area contributed by atoms with E-state index in [4.69, 9.17) is 4.42 Å². The summed E-state index contributed by atoms with van der Waals surface area (Å²) in [6.45, 7) is 6.17. The third-order valence-corrected chi connectivity index (χ3v) is 5.69. The van der Waals surface area contributed by atoms with Crippen LogP contribution in [0.1, 0.15) is 33.0 Å². The molecule has 3 aromatic rings. The molecular weight excluding hydrogens is 392 g/mol. The number of fused-ring (bicyclic) bond motifs is 1. The van der Waals surface area contributed by atoms with Crippen LogP contribution >= 0.6 is 31.9 Å². The molecule has 0 saturated carbocycles. The van der Waals surface area contributed by atoms with E-state index < -0.39 is 0 Å². The van der Waals surface area contributed by atoms with Crippen molar-refractivity contribution in [3.8, 4) is 0 Å². The van der Waals surface area contributed by atoms with Gasteiger partial charge in [-0.05, 0) is 48.7 Å². The summed E-state index contributed by atoms with van der Waals surface area (Å²) < 4.78 is 6.91. The summed E-state index contributed by atoms with van der Waals surface area (Å²) in [4.78, 5) is 0.132. The van der Waals surface area contributed by atoms with Gasteiger partial charge in [-0.25, -0.2) is 0 Å². The van der Waals surface area contributed by atoms with Gasteiger partial charge in [0.2, 0.25) is 0 Å². The minimum atomic E-state index is 0.132. The Morgan fingerprint density at radius 3 is 2.19 bits per heavy atom. The molecule has 0 saturated heterocycles. The van der Waals surface area contributed by atoms with E-state index in [0.29, 0.717) is 0 Å². The Morgan fingerprint density at radius 1 is 0.905 bits per heavy atom. The largest absolute Gasteiger partial charge is 0.466 e. The standard InChI is InChI=1S/C18H16Br2O/c1-10-11(2)21-12(3)17(10)18(20)15-8-9-16(19)14-7-5-4-6-13(14)15/h4-9,18H,1-3H3. The van der Waals surface area contributed by atoms with Gasteiger partial charge >= 0.3 is 0 Å². The van der Waals surface area contributed by atoms with E-state index in [1.54, 1.807) is 0 Å². The highest BCUT2D eigenvalue weighted by atomic mass is 79.9. The lowest BCUT2D eigenvalue weighted by molar-refractivity contribution is 0.500. The van der Waals surface area contributed by atoms with Crippen molar-refractivity contribution >= 4 is 42.6 Å². The average molecular weight is 408 g/mol. The number of rotatable bonds is 2. The van der Waals surface area contributed by atoms with Gasteiger partial charge in [-0.15, -0.1) is 0 Å². The van der Waals surface area contributed by atoms with E-state index in [0.717, 1.165) is 16.0 Å². The molecule has 0 aliphatic carbocycles. The van der Waals surface area contributed by atoms with Crippen molar-refractivity contribution in [2.75, 3.05) is 0 Å². The first-order chi connectivity index (χ1) is 10.0. The van der Waals surface area contributed by atoms with Gasteiger partial charge in [-0.1, -0.05) is 62.2 Å². The summed E-state index contributed by atoms with van der Waals surface area (Å²) in [7, 11) is 0. The number of halogens is 2. The molecule has 3 heteroatoms. The van der Waals surface area contributed by atoms with Crippen molar-refractivity contribution in [1.29, 1.82) is 0 Å². The molecule has 0 spiro atoms. The molecule has 0 radical (unpaired) electrons. The van der Waals surface area contributed by atoms with Gasteiger partial charge in [0.1, 0.15) is 11.5 Å². The summed E-state index contributed by atoms with van der Waals surface area (Å²) in [5.41, 5.74) is 3.72. The van der Waals surface area contributed by atoms with E-state index in [1.807, 2.05) is 13.8 Å². The van der Waals surface area contributed by atoms with Crippen molar-refractivity contribution in [2.45, 2.75) is 25.6 Å². The second kappa shape index (κ2) is 5.62. The Balaban J connectivity index is 2.23. The van der Waals surface area contributed by atoms with E-state index in [9.17, 15) is 0 Å². The molecule has 1 aromatic heterocycles. The van der Waals surface area contributed by atoms with Crippen LogP contribution in [0, 0.1) is 20.8 Å². The first kappa shape index (κ1) is 14.9. The second-order valence-electron chi connectivity index (χ2n) is 5.30. The van der Waals surface area contributed by atoms with Crippen molar-refractivity contribution in [3.63, 3.8) is 0 Å². The molecule has 0 bridgehead atoms. The van der Waals surface area contributed by atoms with Crippen LogP contribution in [0.15, 0.2) is 45.3 Å². The lowest BCUT2D eigenvalue weighted by atomic mass is 9.96. The normalized spacial score (nSPS) is 12.8. The fraction of sp³-hybridized carbons (Fsp3) is 0.222. The zero-order chi connectivity index (χ0) is 15.1. The minimum Gasteiger partial charge on any atom is -0.466 e. The van der Waals surface area contributed by atoms with Crippen LogP contribution in [0.2, 0.25) is 0 Å². The van der Waals surface area contributed by atoms with Gasteiger partial charge in [0.05, 0.1) is 4.83 Å². The van der Waals surface area contributed by atoms with E-state index in [1.165, 1.54) is 27.5 Å². The van der Waals surface area contributed by atoms with Crippen LogP contribution in [0.4, 0.5) is 0 Å². The van der Waals surface area contributed by atoms with Crippen LogP contribution in [0.3, 0.4) is 0 Å². The highest BCUT2D eigenvalue weighted by molar-refractivity contribution is 9.10. The Morgan fingerprint density at radius 2 is 1.57 bits per heavy atom. The van der Waals surface area contributed by atoms with Crippen molar-refractivity contribution in [3.05, 3.63) is 69.1 Å². The van der Waals surface area contributed by atoms with Gasteiger partial charge in [0.25, 0.3) is 0 Å². The fourth-order valence-corrected chi connectivity index (χ4v) is 4.39. The predicted molar refractivity (Wildman–Crippen MR) is 95.3 cm³/mol. The molecule has 0 amide bonds. The summed E-state index contributed by atoms with van der Waals surface area (Å²) in [5.74, 6) is 1.98. The highest BCUT2D eigenvalue weighted by Crippen LogP contribution is 2.41. The number of furan rings is 1. The van der Waals surface area contributed by atoms with Crippen LogP contribution in [-0.4, -0.2) is 0 Å². The highest BCUT2D eigenvalue weighted by Gasteiger charge is 2.22. The summed E-state index contributed by atoms with van der Waals surface area (Å²) in [5, 5.41) is 2.49. The second-order valence-corrected chi connectivity index (χ2v) is 7.07. The van der Waals surface area contributed by atoms with Crippen LogP contribution in [0.25, 0.3) is 10.8 Å². The molecule has 1 unspecified atom stereocenters. The van der Waals surface area contributed by atoms with Crippen molar-refractivity contribution in [2.24, 2.45) is 0 Å².